The van der Waals surface area contributed by atoms with E-state index in [9.17, 15) is 22.4 Å². The van der Waals surface area contributed by atoms with Crippen molar-refractivity contribution >= 4 is 5.97 Å². The van der Waals surface area contributed by atoms with Crippen LogP contribution < -0.4 is 5.73 Å². The summed E-state index contributed by atoms with van der Waals surface area (Å²) in [5.41, 5.74) is 4.33. The molecule has 0 saturated heterocycles. The van der Waals surface area contributed by atoms with Crippen LogP contribution in [0.1, 0.15) is 5.56 Å². The second kappa shape index (κ2) is 5.13. The third-order valence-electron chi connectivity index (χ3n) is 2.13. The molecule has 0 heterocycles. The van der Waals surface area contributed by atoms with Gasteiger partial charge in [-0.2, -0.15) is 0 Å². The summed E-state index contributed by atoms with van der Waals surface area (Å²) in [7, 11) is 1.03. The number of nitrogens with two attached hydrogens (primary N) is 1. The lowest BCUT2D eigenvalue weighted by atomic mass is 10.0. The Morgan fingerprint density at radius 1 is 1.29 bits per heavy atom. The van der Waals surface area contributed by atoms with Crippen LogP contribution in [0.2, 0.25) is 0 Å². The van der Waals surface area contributed by atoms with E-state index >= 15 is 0 Å². The topological polar surface area (TPSA) is 52.3 Å². The summed E-state index contributed by atoms with van der Waals surface area (Å²) in [6, 6.07) is -1.32. The fourth-order valence-corrected chi connectivity index (χ4v) is 1.26. The minimum absolute atomic E-state index is 0.0812. The molecule has 0 spiro atoms. The van der Waals surface area contributed by atoms with Crippen molar-refractivity contribution in [1.29, 1.82) is 0 Å². The van der Waals surface area contributed by atoms with Gasteiger partial charge < -0.3 is 10.5 Å². The summed E-state index contributed by atoms with van der Waals surface area (Å²) in [6.07, 6.45) is -0.695. The highest BCUT2D eigenvalue weighted by Crippen LogP contribution is 2.20. The van der Waals surface area contributed by atoms with Crippen LogP contribution in [0.25, 0.3) is 0 Å². The van der Waals surface area contributed by atoms with Gasteiger partial charge in [0.2, 0.25) is 0 Å². The summed E-state index contributed by atoms with van der Waals surface area (Å²) in [6.45, 7) is 0. The Bertz CT molecular complexity index is 424. The molecule has 2 N–H and O–H groups in total. The van der Waals surface area contributed by atoms with Crippen LogP contribution in [0.4, 0.5) is 17.6 Å². The Hall–Kier alpha value is -1.63. The number of halogens is 4. The van der Waals surface area contributed by atoms with Gasteiger partial charge in [0.1, 0.15) is 6.04 Å². The number of methoxy groups -OCH3 is 1. The van der Waals surface area contributed by atoms with E-state index in [4.69, 9.17) is 5.73 Å². The van der Waals surface area contributed by atoms with E-state index in [2.05, 4.69) is 4.74 Å². The standard InChI is InChI=1S/C10H9F4NO2/c1-17-10(16)7(15)2-4-8(13)5(11)3-6(12)9(4)14/h3,7H,2,15H2,1H3/t7-/m1/s1. The molecule has 7 heteroatoms. The number of rotatable bonds is 3. The molecule has 0 fully saturated rings. The fourth-order valence-electron chi connectivity index (χ4n) is 1.26. The minimum atomic E-state index is -1.57. The smallest absolute Gasteiger partial charge is 0.322 e. The first-order valence-corrected chi connectivity index (χ1v) is 4.53. The molecule has 0 aliphatic carbocycles. The highest BCUT2D eigenvalue weighted by molar-refractivity contribution is 5.75. The summed E-state index contributed by atoms with van der Waals surface area (Å²) in [5.74, 6) is -7.16. The van der Waals surface area contributed by atoms with Crippen molar-refractivity contribution in [2.24, 2.45) is 5.73 Å². The normalized spacial score (nSPS) is 12.4. The molecule has 1 aromatic carbocycles. The highest BCUT2D eigenvalue weighted by Gasteiger charge is 2.24. The lowest BCUT2D eigenvalue weighted by Gasteiger charge is -2.11. The number of carbonyl (C=O) groups is 1. The first-order chi connectivity index (χ1) is 7.88. The summed E-state index contributed by atoms with van der Waals surface area (Å²) in [4.78, 5) is 10.9. The van der Waals surface area contributed by atoms with Crippen LogP contribution >= 0.6 is 0 Å². The maximum atomic E-state index is 13.2. The highest BCUT2D eigenvalue weighted by atomic mass is 19.2. The van der Waals surface area contributed by atoms with Gasteiger partial charge in [0.15, 0.2) is 23.3 Å². The SMILES string of the molecule is COC(=O)[C@H](N)Cc1c(F)c(F)cc(F)c1F. The average molecular weight is 251 g/mol. The molecule has 0 saturated carbocycles. The molecule has 0 aliphatic rings. The second-order valence-corrected chi connectivity index (χ2v) is 3.28. The van der Waals surface area contributed by atoms with Gasteiger partial charge in [0, 0.05) is 18.1 Å². The van der Waals surface area contributed by atoms with E-state index in [1.807, 2.05) is 0 Å². The molecule has 0 amide bonds. The van der Waals surface area contributed by atoms with Crippen molar-refractivity contribution in [2.75, 3.05) is 7.11 Å². The van der Waals surface area contributed by atoms with Crippen LogP contribution in [0.3, 0.4) is 0 Å². The molecule has 94 valence electrons. The molecule has 1 aromatic rings. The van der Waals surface area contributed by atoms with Gasteiger partial charge in [0.05, 0.1) is 7.11 Å². The van der Waals surface area contributed by atoms with Gasteiger partial charge in [-0.1, -0.05) is 0 Å². The number of hydrogen-bond donors (Lipinski definition) is 1. The summed E-state index contributed by atoms with van der Waals surface area (Å²) in [5, 5.41) is 0. The maximum absolute atomic E-state index is 13.2. The predicted molar refractivity (Wildman–Crippen MR) is 50.0 cm³/mol. The molecular weight excluding hydrogens is 242 g/mol. The van der Waals surface area contributed by atoms with Crippen LogP contribution in [0, 0.1) is 23.3 Å². The molecule has 0 aromatic heterocycles. The molecule has 1 rings (SSSR count). The molecule has 0 unspecified atom stereocenters. The first kappa shape index (κ1) is 13.4. The van der Waals surface area contributed by atoms with Gasteiger partial charge in [0.25, 0.3) is 0 Å². The largest absolute Gasteiger partial charge is 0.468 e. The number of carbonyl (C=O) groups excluding carboxylic acids is 1. The van der Waals surface area contributed by atoms with Crippen molar-refractivity contribution in [3.05, 3.63) is 34.9 Å². The zero-order valence-corrected chi connectivity index (χ0v) is 8.77. The fraction of sp³-hybridized carbons (Fsp3) is 0.300. The van der Waals surface area contributed by atoms with Crippen molar-refractivity contribution in [3.8, 4) is 0 Å². The number of esters is 1. The average Bonchev–Trinajstić information content (AvgIpc) is 2.30. The van der Waals surface area contributed by atoms with E-state index in [1.54, 1.807) is 0 Å². The number of benzene rings is 1. The third-order valence-corrected chi connectivity index (χ3v) is 2.13. The zero-order valence-electron chi connectivity index (χ0n) is 8.77. The lowest BCUT2D eigenvalue weighted by molar-refractivity contribution is -0.142. The number of ether oxygens (including phenoxy) is 1. The summed E-state index contributed by atoms with van der Waals surface area (Å²) >= 11 is 0. The van der Waals surface area contributed by atoms with E-state index in [1.165, 1.54) is 0 Å². The van der Waals surface area contributed by atoms with Crippen LogP contribution in [0.5, 0.6) is 0 Å². The number of hydrogen-bond acceptors (Lipinski definition) is 3. The molecular formula is C10H9F4NO2. The van der Waals surface area contributed by atoms with E-state index in [0.29, 0.717) is 0 Å². The Kier molecular flexibility index (Phi) is 4.06. The van der Waals surface area contributed by atoms with Gasteiger partial charge in [-0.25, -0.2) is 17.6 Å². The van der Waals surface area contributed by atoms with Gasteiger partial charge in [-0.15, -0.1) is 0 Å². The lowest BCUT2D eigenvalue weighted by Crippen LogP contribution is -2.34. The molecule has 0 aliphatic heterocycles. The third kappa shape index (κ3) is 2.73. The summed E-state index contributed by atoms with van der Waals surface area (Å²) < 4.78 is 56.2. The Labute approximate surface area is 94.2 Å². The van der Waals surface area contributed by atoms with Crippen LogP contribution in [-0.4, -0.2) is 19.1 Å². The minimum Gasteiger partial charge on any atom is -0.468 e. The predicted octanol–water partition coefficient (Wildman–Crippen LogP) is 1.29. The van der Waals surface area contributed by atoms with Crippen LogP contribution in [-0.2, 0) is 16.0 Å². The van der Waals surface area contributed by atoms with Crippen molar-refractivity contribution in [3.63, 3.8) is 0 Å². The van der Waals surface area contributed by atoms with Gasteiger partial charge in [-0.3, -0.25) is 4.79 Å². The van der Waals surface area contributed by atoms with Crippen molar-refractivity contribution < 1.29 is 27.1 Å². The first-order valence-electron chi connectivity index (χ1n) is 4.53. The van der Waals surface area contributed by atoms with Crippen molar-refractivity contribution in [1.82, 2.24) is 0 Å². The van der Waals surface area contributed by atoms with Gasteiger partial charge >= 0.3 is 5.97 Å². The van der Waals surface area contributed by atoms with Crippen LogP contribution in [0.15, 0.2) is 6.07 Å². The monoisotopic (exact) mass is 251 g/mol. The quantitative estimate of drug-likeness (QED) is 0.500. The van der Waals surface area contributed by atoms with E-state index < -0.39 is 47.3 Å². The Balaban J connectivity index is 3.10. The van der Waals surface area contributed by atoms with E-state index in [0.717, 1.165) is 7.11 Å². The Morgan fingerprint density at radius 3 is 2.18 bits per heavy atom. The molecule has 17 heavy (non-hydrogen) atoms. The molecule has 0 radical (unpaired) electrons. The molecule has 3 nitrogen and oxygen atoms in total. The zero-order chi connectivity index (χ0) is 13.2. The maximum Gasteiger partial charge on any atom is 0.322 e. The Morgan fingerprint density at radius 2 is 1.76 bits per heavy atom. The van der Waals surface area contributed by atoms with E-state index in [-0.39, 0.29) is 6.07 Å². The molecule has 0 bridgehead atoms. The van der Waals surface area contributed by atoms with Gasteiger partial charge in [-0.05, 0) is 0 Å². The van der Waals surface area contributed by atoms with Crippen molar-refractivity contribution in [2.45, 2.75) is 12.5 Å². The molecule has 1 atom stereocenters. The second-order valence-electron chi connectivity index (χ2n) is 3.28.